The van der Waals surface area contributed by atoms with Gasteiger partial charge in [-0.05, 0) is 44.9 Å². The smallest absolute Gasteiger partial charge is 0.0888 e. The third-order valence-electron chi connectivity index (χ3n) is 4.47. The van der Waals surface area contributed by atoms with Crippen LogP contribution in [0.4, 0.5) is 0 Å². The summed E-state index contributed by atoms with van der Waals surface area (Å²) >= 11 is 0. The Morgan fingerprint density at radius 2 is 2.45 bits per heavy atom. The quantitative estimate of drug-likeness (QED) is 0.914. The predicted octanol–water partition coefficient (Wildman–Crippen LogP) is 2.07. The Bertz CT molecular complexity index is 438. The molecule has 1 aromatic rings. The number of pyridine rings is 1. The van der Waals surface area contributed by atoms with E-state index in [2.05, 4.69) is 10.3 Å². The van der Waals surface area contributed by atoms with Crippen LogP contribution in [0.15, 0.2) is 18.2 Å². The third kappa shape index (κ3) is 3.03. The average Bonchev–Trinajstić information content (AvgIpc) is 2.47. The molecule has 2 aliphatic rings. The maximum atomic E-state index is 5.99. The van der Waals surface area contributed by atoms with Gasteiger partial charge in [-0.15, -0.1) is 0 Å². The molecular weight excluding hydrogens is 252 g/mol. The summed E-state index contributed by atoms with van der Waals surface area (Å²) in [7, 11) is 0. The molecule has 0 bridgehead atoms. The molecule has 4 nitrogen and oxygen atoms in total. The summed E-state index contributed by atoms with van der Waals surface area (Å²) in [5, 5.41) is 3.51. The molecule has 0 amide bonds. The van der Waals surface area contributed by atoms with E-state index < -0.39 is 0 Å². The zero-order chi connectivity index (χ0) is 13.8. The molecule has 2 fully saturated rings. The third-order valence-corrected chi connectivity index (χ3v) is 4.47. The van der Waals surface area contributed by atoms with Crippen LogP contribution < -0.4 is 5.32 Å². The molecular formula is C16H24N2O2. The number of rotatable bonds is 4. The molecule has 1 aromatic heterocycles. The first-order valence-corrected chi connectivity index (χ1v) is 7.61. The van der Waals surface area contributed by atoms with Crippen LogP contribution in [0.3, 0.4) is 0 Å². The van der Waals surface area contributed by atoms with E-state index in [0.717, 1.165) is 50.5 Å². The highest BCUT2D eigenvalue weighted by atomic mass is 16.5. The van der Waals surface area contributed by atoms with E-state index in [9.17, 15) is 0 Å². The first kappa shape index (κ1) is 14.0. The van der Waals surface area contributed by atoms with Crippen molar-refractivity contribution in [2.24, 2.45) is 5.41 Å². The molecule has 110 valence electrons. The predicted molar refractivity (Wildman–Crippen MR) is 77.5 cm³/mol. The molecule has 2 aliphatic heterocycles. The fourth-order valence-electron chi connectivity index (χ4n) is 3.40. The maximum absolute atomic E-state index is 5.99. The largest absolute Gasteiger partial charge is 0.377 e. The number of hydrogen-bond acceptors (Lipinski definition) is 4. The minimum Gasteiger partial charge on any atom is -0.377 e. The van der Waals surface area contributed by atoms with E-state index >= 15 is 0 Å². The lowest BCUT2D eigenvalue weighted by atomic mass is 9.73. The highest BCUT2D eigenvalue weighted by Gasteiger charge is 2.43. The zero-order valence-electron chi connectivity index (χ0n) is 12.2. The van der Waals surface area contributed by atoms with Crippen LogP contribution in [0.1, 0.15) is 30.7 Å². The molecule has 1 N–H and O–H groups in total. The monoisotopic (exact) mass is 276 g/mol. The Kier molecular flexibility index (Phi) is 4.34. The average molecular weight is 276 g/mol. The second kappa shape index (κ2) is 6.20. The van der Waals surface area contributed by atoms with E-state index in [1.165, 1.54) is 6.42 Å². The lowest BCUT2D eigenvalue weighted by Gasteiger charge is -2.47. The zero-order valence-corrected chi connectivity index (χ0v) is 12.2. The van der Waals surface area contributed by atoms with Crippen molar-refractivity contribution >= 4 is 0 Å². The molecule has 0 spiro atoms. The summed E-state index contributed by atoms with van der Waals surface area (Å²) in [6.45, 7) is 6.35. The standard InChI is InChI=1S/C16H24N2O2/c1-13-4-2-5-14(18-13)10-19-12-16-7-3-9-20-15(16)6-8-17-11-16/h2,4-5,15,17H,3,6-12H2,1H3/t15-,16+/m0/s1. The van der Waals surface area contributed by atoms with Crippen molar-refractivity contribution < 1.29 is 9.47 Å². The minimum atomic E-state index is 0.167. The lowest BCUT2D eigenvalue weighted by molar-refractivity contribution is -0.132. The highest BCUT2D eigenvalue weighted by Crippen LogP contribution is 2.38. The Labute approximate surface area is 120 Å². The SMILES string of the molecule is Cc1cccc(COC[C@]23CCCO[C@H]2CCNC3)n1. The number of piperidine rings is 1. The van der Waals surface area contributed by atoms with Gasteiger partial charge in [0.2, 0.25) is 0 Å². The molecule has 2 atom stereocenters. The van der Waals surface area contributed by atoms with Crippen molar-refractivity contribution in [1.82, 2.24) is 10.3 Å². The van der Waals surface area contributed by atoms with Crippen molar-refractivity contribution in [1.29, 1.82) is 0 Å². The number of aromatic nitrogens is 1. The topological polar surface area (TPSA) is 43.4 Å². The van der Waals surface area contributed by atoms with Crippen LogP contribution in [-0.4, -0.2) is 37.4 Å². The van der Waals surface area contributed by atoms with Crippen LogP contribution in [0, 0.1) is 12.3 Å². The summed E-state index contributed by atoms with van der Waals surface area (Å²) in [4.78, 5) is 4.49. The molecule has 20 heavy (non-hydrogen) atoms. The lowest BCUT2D eigenvalue weighted by Crippen LogP contribution is -2.55. The number of nitrogens with one attached hydrogen (secondary N) is 1. The Balaban J connectivity index is 1.58. The van der Waals surface area contributed by atoms with Gasteiger partial charge in [0.15, 0.2) is 0 Å². The molecule has 0 aromatic carbocycles. The van der Waals surface area contributed by atoms with Gasteiger partial charge >= 0.3 is 0 Å². The van der Waals surface area contributed by atoms with Gasteiger partial charge in [0.05, 0.1) is 25.0 Å². The Morgan fingerprint density at radius 3 is 3.35 bits per heavy atom. The van der Waals surface area contributed by atoms with E-state index in [-0.39, 0.29) is 5.41 Å². The molecule has 2 saturated heterocycles. The van der Waals surface area contributed by atoms with Gasteiger partial charge in [0.25, 0.3) is 0 Å². The van der Waals surface area contributed by atoms with Crippen molar-refractivity contribution in [3.05, 3.63) is 29.6 Å². The van der Waals surface area contributed by atoms with E-state index in [0.29, 0.717) is 12.7 Å². The van der Waals surface area contributed by atoms with Gasteiger partial charge in [-0.2, -0.15) is 0 Å². The second-order valence-electron chi connectivity index (χ2n) is 6.05. The van der Waals surface area contributed by atoms with E-state index in [1.807, 2.05) is 25.1 Å². The molecule has 3 rings (SSSR count). The summed E-state index contributed by atoms with van der Waals surface area (Å²) < 4.78 is 12.0. The Hall–Kier alpha value is -0.970. The molecule has 0 unspecified atom stereocenters. The summed E-state index contributed by atoms with van der Waals surface area (Å²) in [5.74, 6) is 0. The second-order valence-corrected chi connectivity index (χ2v) is 6.05. The van der Waals surface area contributed by atoms with Crippen molar-refractivity contribution in [2.45, 2.75) is 38.9 Å². The minimum absolute atomic E-state index is 0.167. The molecule has 0 radical (unpaired) electrons. The van der Waals surface area contributed by atoms with Crippen LogP contribution in [0.2, 0.25) is 0 Å². The first-order chi connectivity index (χ1) is 9.78. The highest BCUT2D eigenvalue weighted by molar-refractivity contribution is 5.09. The van der Waals surface area contributed by atoms with Crippen LogP contribution in [-0.2, 0) is 16.1 Å². The van der Waals surface area contributed by atoms with Crippen molar-refractivity contribution in [3.63, 3.8) is 0 Å². The number of hydrogen-bond donors (Lipinski definition) is 1. The maximum Gasteiger partial charge on any atom is 0.0888 e. The number of nitrogens with zero attached hydrogens (tertiary/aromatic N) is 1. The van der Waals surface area contributed by atoms with Crippen molar-refractivity contribution in [2.75, 3.05) is 26.3 Å². The van der Waals surface area contributed by atoms with Gasteiger partial charge in [-0.3, -0.25) is 4.98 Å². The number of fused-ring (bicyclic) bond motifs is 1. The number of aryl methyl sites for hydroxylation is 1. The fourth-order valence-corrected chi connectivity index (χ4v) is 3.40. The summed E-state index contributed by atoms with van der Waals surface area (Å²) in [5.41, 5.74) is 2.22. The molecule has 3 heterocycles. The molecule has 4 heteroatoms. The van der Waals surface area contributed by atoms with E-state index in [4.69, 9.17) is 9.47 Å². The normalized spacial score (nSPS) is 29.9. The summed E-state index contributed by atoms with van der Waals surface area (Å²) in [6.07, 6.45) is 3.81. The molecule has 0 saturated carbocycles. The summed E-state index contributed by atoms with van der Waals surface area (Å²) in [6, 6.07) is 6.07. The fraction of sp³-hybridized carbons (Fsp3) is 0.688. The van der Waals surface area contributed by atoms with Gasteiger partial charge in [-0.1, -0.05) is 6.07 Å². The van der Waals surface area contributed by atoms with Crippen LogP contribution in [0.5, 0.6) is 0 Å². The van der Waals surface area contributed by atoms with Gasteiger partial charge in [-0.25, -0.2) is 0 Å². The van der Waals surface area contributed by atoms with Gasteiger partial charge < -0.3 is 14.8 Å². The van der Waals surface area contributed by atoms with Gasteiger partial charge in [0, 0.05) is 24.3 Å². The van der Waals surface area contributed by atoms with Gasteiger partial charge in [0.1, 0.15) is 0 Å². The Morgan fingerprint density at radius 1 is 1.50 bits per heavy atom. The number of ether oxygens (including phenoxy) is 2. The molecule has 0 aliphatic carbocycles. The first-order valence-electron chi connectivity index (χ1n) is 7.61. The van der Waals surface area contributed by atoms with E-state index in [1.54, 1.807) is 0 Å². The van der Waals surface area contributed by atoms with Crippen molar-refractivity contribution in [3.8, 4) is 0 Å². The van der Waals surface area contributed by atoms with Crippen LogP contribution in [0.25, 0.3) is 0 Å². The van der Waals surface area contributed by atoms with Crippen LogP contribution >= 0.6 is 0 Å².